The minimum absolute atomic E-state index is 0.0698. The van der Waals surface area contributed by atoms with Gasteiger partial charge in [0.15, 0.2) is 5.71 Å². The Bertz CT molecular complexity index is 1140. The highest BCUT2D eigenvalue weighted by Crippen LogP contribution is 2.28. The first kappa shape index (κ1) is 18.3. The monoisotopic (exact) mass is 394 g/mol. The molecule has 1 aliphatic heterocycles. The summed E-state index contributed by atoms with van der Waals surface area (Å²) in [6, 6.07) is 13.9. The predicted octanol–water partition coefficient (Wildman–Crippen LogP) is 3.89. The summed E-state index contributed by atoms with van der Waals surface area (Å²) in [6.07, 6.45) is 0. The van der Waals surface area contributed by atoms with Gasteiger partial charge >= 0.3 is 0 Å². The van der Waals surface area contributed by atoms with Crippen molar-refractivity contribution in [3.8, 4) is 11.3 Å². The molecule has 0 spiro atoms. The maximum absolute atomic E-state index is 13.4. The topological polar surface area (TPSA) is 50.0 Å². The van der Waals surface area contributed by atoms with Crippen molar-refractivity contribution in [1.82, 2.24) is 4.68 Å². The van der Waals surface area contributed by atoms with Crippen LogP contribution in [0.2, 0.25) is 0 Å². The summed E-state index contributed by atoms with van der Waals surface area (Å²) in [5.74, 6) is -0.467. The van der Waals surface area contributed by atoms with Crippen LogP contribution in [0, 0.1) is 5.82 Å². The number of nitrogens with zero attached hydrogens (tertiary/aromatic N) is 4. The number of para-hydroxylation sites is 1. The average Bonchev–Trinajstić information content (AvgIpc) is 3.17. The van der Waals surface area contributed by atoms with Crippen LogP contribution in [0.4, 0.5) is 10.1 Å². The molecule has 0 atom stereocenters. The minimum Gasteiger partial charge on any atom is -0.309 e. The summed E-state index contributed by atoms with van der Waals surface area (Å²) in [5, 5.41) is 6.63. The fourth-order valence-electron chi connectivity index (χ4n) is 3.07. The zero-order valence-electron chi connectivity index (χ0n) is 15.8. The molecule has 0 bridgehead atoms. The number of benzene rings is 2. The normalized spacial score (nSPS) is 15.8. The van der Waals surface area contributed by atoms with E-state index in [-0.39, 0.29) is 17.8 Å². The van der Waals surface area contributed by atoms with E-state index in [4.69, 9.17) is 5.10 Å². The number of hydrogen-bond donors (Lipinski definition) is 0. The minimum atomic E-state index is -0.301. The zero-order chi connectivity index (χ0) is 19.8. The van der Waals surface area contributed by atoms with Crippen molar-refractivity contribution in [3.05, 3.63) is 70.1 Å². The summed E-state index contributed by atoms with van der Waals surface area (Å²) in [4.78, 5) is 19.7. The lowest BCUT2D eigenvalue weighted by Gasteiger charge is -2.08. The molecular weight excluding hydrogens is 375 g/mol. The van der Waals surface area contributed by atoms with Crippen LogP contribution in [0.15, 0.2) is 64.0 Å². The van der Waals surface area contributed by atoms with Crippen molar-refractivity contribution in [2.45, 2.75) is 19.9 Å². The first-order valence-corrected chi connectivity index (χ1v) is 9.80. The summed E-state index contributed by atoms with van der Waals surface area (Å²) < 4.78 is 15.0. The van der Waals surface area contributed by atoms with Gasteiger partial charge in [-0.05, 0) is 44.2 Å². The summed E-state index contributed by atoms with van der Waals surface area (Å²) in [5.41, 5.74) is 3.54. The molecule has 0 aliphatic carbocycles. The lowest BCUT2D eigenvalue weighted by atomic mass is 10.1. The predicted molar refractivity (Wildman–Crippen MR) is 110 cm³/mol. The van der Waals surface area contributed by atoms with Gasteiger partial charge in [-0.1, -0.05) is 18.2 Å². The Balaban J connectivity index is 1.94. The third-order valence-corrected chi connectivity index (χ3v) is 5.25. The number of thiazole rings is 1. The Hall–Kier alpha value is -3.06. The largest absolute Gasteiger partial charge is 0.309 e. The van der Waals surface area contributed by atoms with Gasteiger partial charge in [-0.3, -0.25) is 9.79 Å². The molecule has 1 amide bonds. The fourth-order valence-corrected chi connectivity index (χ4v) is 4.04. The third-order valence-electron chi connectivity index (χ3n) is 4.42. The Morgan fingerprint density at radius 3 is 2.50 bits per heavy atom. The quantitative estimate of drug-likeness (QED) is 0.665. The van der Waals surface area contributed by atoms with Crippen molar-refractivity contribution in [2.24, 2.45) is 10.1 Å². The number of likely N-dealkylation sites (N-methyl/N-ethyl adjacent to an activating group) is 1. The van der Waals surface area contributed by atoms with E-state index >= 15 is 0 Å². The Morgan fingerprint density at radius 2 is 1.79 bits per heavy atom. The van der Waals surface area contributed by atoms with Gasteiger partial charge in [-0.25, -0.2) is 9.07 Å². The van der Waals surface area contributed by atoms with Crippen LogP contribution in [-0.2, 0) is 4.79 Å². The zero-order valence-corrected chi connectivity index (χ0v) is 16.6. The molecule has 2 aromatic carbocycles. The highest BCUT2D eigenvalue weighted by molar-refractivity contribution is 7.07. The average molecular weight is 394 g/mol. The molecule has 0 saturated heterocycles. The molecule has 0 N–H and O–H groups in total. The van der Waals surface area contributed by atoms with Crippen LogP contribution < -0.4 is 9.70 Å². The van der Waals surface area contributed by atoms with Gasteiger partial charge in [0.2, 0.25) is 4.80 Å². The number of halogens is 1. The summed E-state index contributed by atoms with van der Waals surface area (Å²) in [7, 11) is 1.74. The number of aromatic nitrogens is 1. The summed E-state index contributed by atoms with van der Waals surface area (Å²) in [6.45, 7) is 3.97. The molecule has 1 aromatic heterocycles. The second-order valence-corrected chi connectivity index (χ2v) is 7.61. The van der Waals surface area contributed by atoms with Gasteiger partial charge in [0.05, 0.1) is 11.4 Å². The number of anilines is 1. The van der Waals surface area contributed by atoms with Crippen molar-refractivity contribution in [3.63, 3.8) is 0 Å². The van der Waals surface area contributed by atoms with Gasteiger partial charge in [0, 0.05) is 29.6 Å². The number of hydrogen-bond acceptors (Lipinski definition) is 4. The fraction of sp³-hybridized carbons (Fsp3) is 0.190. The van der Waals surface area contributed by atoms with E-state index in [2.05, 4.69) is 4.99 Å². The van der Waals surface area contributed by atoms with E-state index < -0.39 is 0 Å². The second-order valence-electron chi connectivity index (χ2n) is 6.77. The van der Waals surface area contributed by atoms with E-state index in [1.54, 1.807) is 28.8 Å². The van der Waals surface area contributed by atoms with E-state index in [1.807, 2.05) is 43.5 Å². The molecule has 28 heavy (non-hydrogen) atoms. The lowest BCUT2D eigenvalue weighted by Crippen LogP contribution is -2.27. The van der Waals surface area contributed by atoms with Crippen molar-refractivity contribution < 1.29 is 9.18 Å². The number of carbonyl (C=O) groups is 1. The second kappa shape index (κ2) is 7.16. The molecule has 5 nitrogen and oxygen atoms in total. The smallest absolute Gasteiger partial charge is 0.279 e. The van der Waals surface area contributed by atoms with Crippen molar-refractivity contribution in [2.75, 3.05) is 11.9 Å². The first-order chi connectivity index (χ1) is 13.5. The highest BCUT2D eigenvalue weighted by atomic mass is 32.1. The lowest BCUT2D eigenvalue weighted by molar-refractivity contribution is -0.112. The highest BCUT2D eigenvalue weighted by Gasteiger charge is 2.31. The van der Waals surface area contributed by atoms with Gasteiger partial charge in [-0.15, -0.1) is 11.3 Å². The SMILES string of the molecule is CC(C)N=c1scc(-c2ccc(F)cc2)n1N=C1C(=O)N(C)c2ccccc21. The Morgan fingerprint density at radius 1 is 1.07 bits per heavy atom. The van der Waals surface area contributed by atoms with Gasteiger partial charge in [0.1, 0.15) is 5.82 Å². The van der Waals surface area contributed by atoms with Crippen LogP contribution in [0.25, 0.3) is 11.3 Å². The molecule has 7 heteroatoms. The van der Waals surface area contributed by atoms with Crippen LogP contribution in [-0.4, -0.2) is 29.4 Å². The number of amides is 1. The Labute approximate surface area is 166 Å². The van der Waals surface area contributed by atoms with Crippen LogP contribution in [0.1, 0.15) is 19.4 Å². The van der Waals surface area contributed by atoms with Crippen LogP contribution in [0.3, 0.4) is 0 Å². The van der Waals surface area contributed by atoms with Crippen LogP contribution >= 0.6 is 11.3 Å². The van der Waals surface area contributed by atoms with Crippen molar-refractivity contribution in [1.29, 1.82) is 0 Å². The summed E-state index contributed by atoms with van der Waals surface area (Å²) >= 11 is 1.44. The standard InChI is InChI=1S/C21H19FN4OS/c1-13(2)23-21-26(18(12-28-21)14-8-10-15(22)11-9-14)24-19-16-6-4-5-7-17(16)25(3)20(19)27/h4-13H,1-3H3. The molecule has 4 rings (SSSR count). The van der Waals surface area contributed by atoms with E-state index in [0.717, 1.165) is 22.5 Å². The molecule has 0 fully saturated rings. The van der Waals surface area contributed by atoms with Gasteiger partial charge in [-0.2, -0.15) is 5.10 Å². The number of carbonyl (C=O) groups excluding carboxylic acids is 1. The van der Waals surface area contributed by atoms with E-state index in [9.17, 15) is 9.18 Å². The third kappa shape index (κ3) is 3.18. The first-order valence-electron chi connectivity index (χ1n) is 8.92. The van der Waals surface area contributed by atoms with Crippen LogP contribution in [0.5, 0.6) is 0 Å². The van der Waals surface area contributed by atoms with Gasteiger partial charge in [0.25, 0.3) is 5.91 Å². The van der Waals surface area contributed by atoms with Crippen molar-refractivity contribution >= 4 is 28.6 Å². The molecule has 0 saturated carbocycles. The number of fused-ring (bicyclic) bond motifs is 1. The molecule has 142 valence electrons. The Kier molecular flexibility index (Phi) is 4.68. The van der Waals surface area contributed by atoms with E-state index in [0.29, 0.717) is 10.5 Å². The molecular formula is C21H19FN4OS. The molecule has 0 unspecified atom stereocenters. The molecule has 1 aliphatic rings. The molecule has 3 aromatic rings. The molecule has 0 radical (unpaired) electrons. The van der Waals surface area contributed by atoms with E-state index in [1.165, 1.54) is 23.5 Å². The number of rotatable bonds is 3. The van der Waals surface area contributed by atoms with Gasteiger partial charge < -0.3 is 4.90 Å². The molecule has 2 heterocycles. The maximum Gasteiger partial charge on any atom is 0.279 e. The maximum atomic E-state index is 13.4.